The van der Waals surface area contributed by atoms with Crippen molar-refractivity contribution in [2.45, 2.75) is 24.4 Å². The molecule has 1 fully saturated rings. The molecule has 1 aromatic carbocycles. The number of amides is 1. The molecule has 6 heteroatoms. The SMILES string of the molecule is [CH][C@@H]1O[C@H](CO)[C@H](O)C1NC(=O)c1ccccc1OC. The smallest absolute Gasteiger partial charge is 0.255 e. The molecule has 0 spiro atoms. The highest BCUT2D eigenvalue weighted by Gasteiger charge is 2.42. The van der Waals surface area contributed by atoms with Gasteiger partial charge in [0.05, 0.1) is 31.4 Å². The highest BCUT2D eigenvalue weighted by atomic mass is 16.5. The number of carbonyl (C=O) groups is 1. The summed E-state index contributed by atoms with van der Waals surface area (Å²) in [7, 11) is 1.47. The van der Waals surface area contributed by atoms with Crippen molar-refractivity contribution in [3.63, 3.8) is 0 Å². The van der Waals surface area contributed by atoms with Gasteiger partial charge in [0.15, 0.2) is 0 Å². The Bertz CT molecular complexity index is 478. The van der Waals surface area contributed by atoms with Crippen molar-refractivity contribution < 1.29 is 24.5 Å². The Morgan fingerprint density at radius 2 is 2.20 bits per heavy atom. The third-order valence-corrected chi connectivity index (χ3v) is 3.26. The maximum atomic E-state index is 12.2. The number of rotatable bonds is 4. The molecular formula is C14H17NO5. The lowest BCUT2D eigenvalue weighted by atomic mass is 10.0. The third-order valence-electron chi connectivity index (χ3n) is 3.26. The van der Waals surface area contributed by atoms with Crippen molar-refractivity contribution in [3.05, 3.63) is 36.8 Å². The van der Waals surface area contributed by atoms with Gasteiger partial charge in [-0.15, -0.1) is 0 Å². The number of hydrogen-bond acceptors (Lipinski definition) is 5. The van der Waals surface area contributed by atoms with Gasteiger partial charge in [-0.25, -0.2) is 0 Å². The van der Waals surface area contributed by atoms with Crippen LogP contribution >= 0.6 is 0 Å². The van der Waals surface area contributed by atoms with Crippen LogP contribution in [0.4, 0.5) is 0 Å². The number of benzene rings is 1. The van der Waals surface area contributed by atoms with Crippen LogP contribution in [0.2, 0.25) is 0 Å². The standard InChI is InChI=1S/C14H17NO5/c1-8-12(13(17)11(7-16)20-8)15-14(18)9-5-3-4-6-10(9)19-2/h1,3-6,8,11-13,16-17H,7H2,2H3,(H,15,18)/t8-,11+,12?,13-/m0/s1. The van der Waals surface area contributed by atoms with Gasteiger partial charge in [-0.3, -0.25) is 4.79 Å². The van der Waals surface area contributed by atoms with E-state index in [-0.39, 0.29) is 6.61 Å². The van der Waals surface area contributed by atoms with E-state index in [9.17, 15) is 9.90 Å². The average molecular weight is 279 g/mol. The van der Waals surface area contributed by atoms with E-state index in [1.807, 2.05) is 0 Å². The molecule has 1 aliphatic rings. The van der Waals surface area contributed by atoms with Crippen LogP contribution in [0.1, 0.15) is 10.4 Å². The fraction of sp³-hybridized carbons (Fsp3) is 0.429. The lowest BCUT2D eigenvalue weighted by molar-refractivity contribution is -0.0114. The Balaban J connectivity index is 2.12. The fourth-order valence-corrected chi connectivity index (χ4v) is 2.17. The van der Waals surface area contributed by atoms with Gasteiger partial charge in [0.2, 0.25) is 0 Å². The molecule has 0 saturated carbocycles. The van der Waals surface area contributed by atoms with Crippen molar-refractivity contribution in [2.75, 3.05) is 13.7 Å². The molecule has 1 amide bonds. The molecule has 1 aromatic rings. The van der Waals surface area contributed by atoms with Crippen LogP contribution in [-0.2, 0) is 4.74 Å². The average Bonchev–Trinajstić information content (AvgIpc) is 2.74. The molecule has 108 valence electrons. The van der Waals surface area contributed by atoms with Gasteiger partial charge in [-0.2, -0.15) is 0 Å². The second-order valence-electron chi connectivity index (χ2n) is 4.51. The number of para-hydroxylation sites is 1. The normalized spacial score (nSPS) is 29.2. The molecule has 1 aliphatic heterocycles. The topological polar surface area (TPSA) is 88.0 Å². The quantitative estimate of drug-likeness (QED) is 0.699. The first-order valence-corrected chi connectivity index (χ1v) is 6.22. The lowest BCUT2D eigenvalue weighted by Crippen LogP contribution is -2.47. The van der Waals surface area contributed by atoms with E-state index in [2.05, 4.69) is 5.32 Å². The number of methoxy groups -OCH3 is 1. The van der Waals surface area contributed by atoms with Crippen molar-refractivity contribution >= 4 is 5.91 Å². The highest BCUT2D eigenvalue weighted by Crippen LogP contribution is 2.22. The van der Waals surface area contributed by atoms with Crippen LogP contribution in [-0.4, -0.2) is 54.2 Å². The maximum Gasteiger partial charge on any atom is 0.255 e. The Labute approximate surface area is 117 Å². The number of nitrogens with one attached hydrogen (secondary N) is 1. The minimum absolute atomic E-state index is 0.335. The molecule has 0 bridgehead atoms. The van der Waals surface area contributed by atoms with Gasteiger partial charge in [0.25, 0.3) is 5.91 Å². The first-order chi connectivity index (χ1) is 9.58. The number of aliphatic hydroxyl groups is 2. The van der Waals surface area contributed by atoms with Gasteiger partial charge in [-0.1, -0.05) is 12.1 Å². The molecule has 2 radical (unpaired) electrons. The predicted molar refractivity (Wildman–Crippen MR) is 70.3 cm³/mol. The monoisotopic (exact) mass is 279 g/mol. The second kappa shape index (κ2) is 6.21. The van der Waals surface area contributed by atoms with Gasteiger partial charge >= 0.3 is 0 Å². The lowest BCUT2D eigenvalue weighted by Gasteiger charge is -2.20. The molecule has 6 nitrogen and oxygen atoms in total. The zero-order chi connectivity index (χ0) is 14.7. The zero-order valence-electron chi connectivity index (χ0n) is 11.0. The number of carbonyl (C=O) groups excluding carboxylic acids is 1. The molecule has 3 N–H and O–H groups in total. The second-order valence-corrected chi connectivity index (χ2v) is 4.51. The molecular weight excluding hydrogens is 262 g/mol. The Kier molecular flexibility index (Phi) is 4.59. The van der Waals surface area contributed by atoms with Gasteiger partial charge in [-0.05, 0) is 19.1 Å². The number of hydrogen-bond donors (Lipinski definition) is 3. The van der Waals surface area contributed by atoms with Gasteiger partial charge in [0, 0.05) is 0 Å². The van der Waals surface area contributed by atoms with Gasteiger partial charge < -0.3 is 25.0 Å². The Hall–Kier alpha value is -1.63. The highest BCUT2D eigenvalue weighted by molar-refractivity contribution is 5.97. The van der Waals surface area contributed by atoms with Crippen LogP contribution < -0.4 is 10.1 Å². The summed E-state index contributed by atoms with van der Waals surface area (Å²) in [6, 6.07) is 5.93. The van der Waals surface area contributed by atoms with Crippen molar-refractivity contribution in [2.24, 2.45) is 0 Å². The van der Waals surface area contributed by atoms with E-state index < -0.39 is 30.3 Å². The summed E-state index contributed by atoms with van der Waals surface area (Å²) in [5.41, 5.74) is 0.335. The largest absolute Gasteiger partial charge is 0.496 e. The summed E-state index contributed by atoms with van der Waals surface area (Å²) in [5, 5.41) is 21.6. The van der Waals surface area contributed by atoms with Crippen LogP contribution in [0.25, 0.3) is 0 Å². The van der Waals surface area contributed by atoms with E-state index in [0.29, 0.717) is 11.3 Å². The molecule has 4 atom stereocenters. The molecule has 1 heterocycles. The van der Waals surface area contributed by atoms with E-state index in [1.165, 1.54) is 7.11 Å². The first kappa shape index (κ1) is 14.8. The minimum Gasteiger partial charge on any atom is -0.496 e. The molecule has 2 rings (SSSR count). The van der Waals surface area contributed by atoms with Crippen molar-refractivity contribution in [1.29, 1.82) is 0 Å². The van der Waals surface area contributed by atoms with Crippen LogP contribution in [0.15, 0.2) is 24.3 Å². The molecule has 20 heavy (non-hydrogen) atoms. The maximum absolute atomic E-state index is 12.2. The predicted octanol–water partition coefficient (Wildman–Crippen LogP) is -0.375. The summed E-state index contributed by atoms with van der Waals surface area (Å²) in [6.07, 6.45) is -2.73. The fourth-order valence-electron chi connectivity index (χ4n) is 2.17. The summed E-state index contributed by atoms with van der Waals surface area (Å²) in [4.78, 5) is 12.2. The van der Waals surface area contributed by atoms with Crippen LogP contribution in [0.3, 0.4) is 0 Å². The van der Waals surface area contributed by atoms with Gasteiger partial charge in [0.1, 0.15) is 18.0 Å². The first-order valence-electron chi connectivity index (χ1n) is 6.22. The molecule has 0 aliphatic carbocycles. The van der Waals surface area contributed by atoms with E-state index in [4.69, 9.17) is 21.5 Å². The van der Waals surface area contributed by atoms with E-state index in [0.717, 1.165) is 0 Å². The van der Waals surface area contributed by atoms with Crippen LogP contribution in [0, 0.1) is 6.92 Å². The minimum atomic E-state index is -1.06. The number of aliphatic hydroxyl groups excluding tert-OH is 2. The summed E-state index contributed by atoms with van der Waals surface area (Å²) < 4.78 is 10.3. The number of ether oxygens (including phenoxy) is 2. The summed E-state index contributed by atoms with van der Waals surface area (Å²) >= 11 is 0. The summed E-state index contributed by atoms with van der Waals surface area (Å²) in [6.45, 7) is 5.33. The third kappa shape index (κ3) is 2.77. The van der Waals surface area contributed by atoms with Crippen molar-refractivity contribution in [1.82, 2.24) is 5.32 Å². The van der Waals surface area contributed by atoms with Crippen molar-refractivity contribution in [3.8, 4) is 5.75 Å². The summed E-state index contributed by atoms with van der Waals surface area (Å²) in [5.74, 6) is -0.00479. The Morgan fingerprint density at radius 3 is 2.80 bits per heavy atom. The zero-order valence-corrected chi connectivity index (χ0v) is 11.0. The molecule has 1 unspecified atom stereocenters. The molecule has 1 saturated heterocycles. The Morgan fingerprint density at radius 1 is 1.50 bits per heavy atom. The van der Waals surface area contributed by atoms with E-state index in [1.54, 1.807) is 24.3 Å². The van der Waals surface area contributed by atoms with E-state index >= 15 is 0 Å². The molecule has 0 aromatic heterocycles. The van der Waals surface area contributed by atoms with Crippen LogP contribution in [0.5, 0.6) is 5.75 Å².